The van der Waals surface area contributed by atoms with E-state index in [4.69, 9.17) is 0 Å². The number of amides is 1. The largest absolute Gasteiger partial charge is 0.391 e. The van der Waals surface area contributed by atoms with Crippen LogP contribution in [0.4, 0.5) is 0 Å². The Balaban J connectivity index is 1.61. The number of hydrogen-bond donors (Lipinski definition) is 2. The maximum atomic E-state index is 11.8. The van der Waals surface area contributed by atoms with Crippen molar-refractivity contribution < 1.29 is 9.90 Å². The second-order valence-electron chi connectivity index (χ2n) is 5.49. The zero-order chi connectivity index (χ0) is 15.6. The summed E-state index contributed by atoms with van der Waals surface area (Å²) >= 11 is 0. The fourth-order valence-corrected chi connectivity index (χ4v) is 2.38. The van der Waals surface area contributed by atoms with Gasteiger partial charge >= 0.3 is 0 Å². The van der Waals surface area contributed by atoms with E-state index >= 15 is 0 Å². The first-order valence-corrected chi connectivity index (χ1v) is 7.76. The third-order valence-electron chi connectivity index (χ3n) is 3.56. The molecular formula is C19H23NO2. The third kappa shape index (κ3) is 6.10. The van der Waals surface area contributed by atoms with Gasteiger partial charge in [-0.3, -0.25) is 4.79 Å². The van der Waals surface area contributed by atoms with Crippen molar-refractivity contribution in [3.05, 3.63) is 71.8 Å². The molecule has 0 unspecified atom stereocenters. The standard InChI is InChI=1S/C19H23NO2/c21-18(14-17-10-5-2-6-11-17)15-20-19(22)13-7-12-16-8-3-1-4-9-16/h1-6,8-11,18,21H,7,12-15H2,(H,20,22)/t18-/m0/s1. The van der Waals surface area contributed by atoms with Gasteiger partial charge in [0.05, 0.1) is 6.10 Å². The minimum Gasteiger partial charge on any atom is -0.391 e. The van der Waals surface area contributed by atoms with E-state index in [2.05, 4.69) is 17.4 Å². The number of aliphatic hydroxyl groups is 1. The van der Waals surface area contributed by atoms with E-state index < -0.39 is 6.10 Å². The number of aryl methyl sites for hydroxylation is 1. The highest BCUT2D eigenvalue weighted by molar-refractivity contribution is 5.75. The van der Waals surface area contributed by atoms with Gasteiger partial charge in [0.25, 0.3) is 0 Å². The third-order valence-corrected chi connectivity index (χ3v) is 3.56. The number of hydrogen-bond acceptors (Lipinski definition) is 2. The number of carbonyl (C=O) groups is 1. The van der Waals surface area contributed by atoms with Crippen LogP contribution >= 0.6 is 0 Å². The highest BCUT2D eigenvalue weighted by Crippen LogP contribution is 2.05. The summed E-state index contributed by atoms with van der Waals surface area (Å²) < 4.78 is 0. The summed E-state index contributed by atoms with van der Waals surface area (Å²) in [7, 11) is 0. The molecule has 0 spiro atoms. The Morgan fingerprint density at radius 2 is 1.55 bits per heavy atom. The Hall–Kier alpha value is -2.13. The minimum atomic E-state index is -0.541. The van der Waals surface area contributed by atoms with Crippen LogP contribution < -0.4 is 5.32 Å². The smallest absolute Gasteiger partial charge is 0.220 e. The molecule has 0 fully saturated rings. The molecule has 3 nitrogen and oxygen atoms in total. The van der Waals surface area contributed by atoms with Crippen LogP contribution in [0.2, 0.25) is 0 Å². The van der Waals surface area contributed by atoms with Crippen LogP contribution in [0, 0.1) is 0 Å². The van der Waals surface area contributed by atoms with Gasteiger partial charge in [0.2, 0.25) is 5.91 Å². The lowest BCUT2D eigenvalue weighted by Crippen LogP contribution is -2.33. The predicted molar refractivity (Wildman–Crippen MR) is 88.5 cm³/mol. The van der Waals surface area contributed by atoms with Gasteiger partial charge in [0.15, 0.2) is 0 Å². The van der Waals surface area contributed by atoms with Crippen molar-refractivity contribution in [1.82, 2.24) is 5.32 Å². The van der Waals surface area contributed by atoms with Crippen LogP contribution in [0.3, 0.4) is 0 Å². The molecule has 2 aromatic carbocycles. The topological polar surface area (TPSA) is 49.3 Å². The van der Waals surface area contributed by atoms with Crippen LogP contribution in [0.1, 0.15) is 24.0 Å². The molecule has 0 radical (unpaired) electrons. The predicted octanol–water partition coefficient (Wildman–Crippen LogP) is 2.73. The lowest BCUT2D eigenvalue weighted by Gasteiger charge is -2.12. The van der Waals surface area contributed by atoms with Gasteiger partial charge in [0, 0.05) is 19.4 Å². The maximum Gasteiger partial charge on any atom is 0.220 e. The van der Waals surface area contributed by atoms with E-state index in [1.165, 1.54) is 5.56 Å². The highest BCUT2D eigenvalue weighted by Gasteiger charge is 2.08. The van der Waals surface area contributed by atoms with E-state index in [1.807, 2.05) is 48.5 Å². The molecule has 0 heterocycles. The van der Waals surface area contributed by atoms with Crippen molar-refractivity contribution >= 4 is 5.91 Å². The summed E-state index contributed by atoms with van der Waals surface area (Å²) in [5.41, 5.74) is 2.33. The van der Waals surface area contributed by atoms with Crippen molar-refractivity contribution in [2.45, 2.75) is 31.8 Å². The Labute approximate surface area is 132 Å². The molecule has 0 bridgehead atoms. The SMILES string of the molecule is O=C(CCCc1ccccc1)NC[C@@H](O)Cc1ccccc1. The highest BCUT2D eigenvalue weighted by atomic mass is 16.3. The number of rotatable bonds is 8. The zero-order valence-electron chi connectivity index (χ0n) is 12.7. The monoisotopic (exact) mass is 297 g/mol. The Morgan fingerprint density at radius 1 is 0.955 bits per heavy atom. The van der Waals surface area contributed by atoms with Crippen molar-refractivity contribution in [3.8, 4) is 0 Å². The molecule has 116 valence electrons. The Morgan fingerprint density at radius 3 is 2.18 bits per heavy atom. The van der Waals surface area contributed by atoms with Crippen LogP contribution in [-0.4, -0.2) is 23.7 Å². The van der Waals surface area contributed by atoms with Crippen molar-refractivity contribution in [1.29, 1.82) is 0 Å². The summed E-state index contributed by atoms with van der Waals surface area (Å²) in [6.07, 6.45) is 2.24. The van der Waals surface area contributed by atoms with E-state index in [-0.39, 0.29) is 5.91 Å². The quantitative estimate of drug-likeness (QED) is 0.787. The number of aliphatic hydroxyl groups excluding tert-OH is 1. The van der Waals surface area contributed by atoms with Crippen molar-refractivity contribution in [2.75, 3.05) is 6.54 Å². The first kappa shape index (κ1) is 16.2. The molecule has 1 amide bonds. The summed E-state index contributed by atoms with van der Waals surface area (Å²) in [6, 6.07) is 20.0. The zero-order valence-corrected chi connectivity index (χ0v) is 12.7. The molecule has 0 aliphatic heterocycles. The molecule has 0 saturated carbocycles. The summed E-state index contributed by atoms with van der Waals surface area (Å²) in [5.74, 6) is 0.00282. The van der Waals surface area contributed by atoms with Crippen LogP contribution in [0.15, 0.2) is 60.7 Å². The number of benzene rings is 2. The Kier molecular flexibility index (Phi) is 6.65. The molecule has 22 heavy (non-hydrogen) atoms. The van der Waals surface area contributed by atoms with Gasteiger partial charge in [-0.05, 0) is 24.0 Å². The van der Waals surface area contributed by atoms with Gasteiger partial charge in [-0.2, -0.15) is 0 Å². The average molecular weight is 297 g/mol. The summed E-state index contributed by atoms with van der Waals surface area (Å²) in [5, 5.41) is 12.7. The molecule has 0 aromatic heterocycles. The molecule has 0 saturated heterocycles. The molecule has 3 heteroatoms. The second kappa shape index (κ2) is 9.00. The lowest BCUT2D eigenvalue weighted by atomic mass is 10.1. The molecule has 1 atom stereocenters. The van der Waals surface area contributed by atoms with Gasteiger partial charge in [-0.15, -0.1) is 0 Å². The van der Waals surface area contributed by atoms with Gasteiger partial charge in [0.1, 0.15) is 0 Å². The normalized spacial score (nSPS) is 11.9. The maximum absolute atomic E-state index is 11.8. The van der Waals surface area contributed by atoms with Crippen LogP contribution in [0.25, 0.3) is 0 Å². The summed E-state index contributed by atoms with van der Waals surface area (Å²) in [6.45, 7) is 0.305. The van der Waals surface area contributed by atoms with Crippen LogP contribution in [-0.2, 0) is 17.6 Å². The van der Waals surface area contributed by atoms with E-state index in [9.17, 15) is 9.90 Å². The van der Waals surface area contributed by atoms with Crippen molar-refractivity contribution in [2.24, 2.45) is 0 Å². The second-order valence-corrected chi connectivity index (χ2v) is 5.49. The summed E-state index contributed by atoms with van der Waals surface area (Å²) in [4.78, 5) is 11.8. The number of carbonyl (C=O) groups excluding carboxylic acids is 1. The molecule has 2 N–H and O–H groups in total. The minimum absolute atomic E-state index is 0.00282. The van der Waals surface area contributed by atoms with Gasteiger partial charge in [-0.25, -0.2) is 0 Å². The fraction of sp³-hybridized carbons (Fsp3) is 0.316. The van der Waals surface area contributed by atoms with Crippen molar-refractivity contribution in [3.63, 3.8) is 0 Å². The molecule has 2 aromatic rings. The molecule has 0 aliphatic carbocycles. The first-order chi connectivity index (χ1) is 10.7. The van der Waals surface area contributed by atoms with Gasteiger partial charge in [-0.1, -0.05) is 60.7 Å². The number of nitrogens with one attached hydrogen (secondary N) is 1. The van der Waals surface area contributed by atoms with E-state index in [0.717, 1.165) is 18.4 Å². The fourth-order valence-electron chi connectivity index (χ4n) is 2.38. The molecular weight excluding hydrogens is 274 g/mol. The van der Waals surface area contributed by atoms with Crippen LogP contribution in [0.5, 0.6) is 0 Å². The van der Waals surface area contributed by atoms with E-state index in [1.54, 1.807) is 0 Å². The molecule has 2 rings (SSSR count). The van der Waals surface area contributed by atoms with E-state index in [0.29, 0.717) is 19.4 Å². The molecule has 0 aliphatic rings. The lowest BCUT2D eigenvalue weighted by molar-refractivity contribution is -0.121. The van der Waals surface area contributed by atoms with Gasteiger partial charge < -0.3 is 10.4 Å². The Bertz CT molecular complexity index is 554. The first-order valence-electron chi connectivity index (χ1n) is 7.76. The average Bonchev–Trinajstić information content (AvgIpc) is 2.55.